The van der Waals surface area contributed by atoms with Crippen molar-refractivity contribution < 1.29 is 9.13 Å². The molecule has 1 fully saturated rings. The molecule has 1 aromatic carbocycles. The fourth-order valence-electron chi connectivity index (χ4n) is 1.36. The summed E-state index contributed by atoms with van der Waals surface area (Å²) in [5, 5.41) is 0.336. The van der Waals surface area contributed by atoms with Gasteiger partial charge in [0.15, 0.2) is 11.6 Å². The zero-order chi connectivity index (χ0) is 10.1. The fourth-order valence-corrected chi connectivity index (χ4v) is 2.40. The Morgan fingerprint density at radius 1 is 1.43 bits per heavy atom. The molecule has 0 heterocycles. The quantitative estimate of drug-likeness (QED) is 0.749. The van der Waals surface area contributed by atoms with Crippen LogP contribution in [0.4, 0.5) is 4.39 Å². The van der Waals surface area contributed by atoms with E-state index in [-0.39, 0.29) is 11.9 Å². The zero-order valence-corrected chi connectivity index (χ0v) is 9.69. The maximum Gasteiger partial charge on any atom is 0.173 e. The molecule has 0 amide bonds. The normalized spacial score (nSPS) is 25.6. The lowest BCUT2D eigenvalue weighted by atomic mass is 9.96. The first-order chi connectivity index (χ1) is 6.66. The average molecular weight is 280 g/mol. The Morgan fingerprint density at radius 2 is 2.14 bits per heavy atom. The molecule has 1 aliphatic carbocycles. The number of alkyl halides is 1. The van der Waals surface area contributed by atoms with Crippen LogP contribution in [-0.4, -0.2) is 10.9 Å². The van der Waals surface area contributed by atoms with E-state index in [0.29, 0.717) is 9.85 Å². The summed E-state index contributed by atoms with van der Waals surface area (Å²) in [7, 11) is 0. The maximum absolute atomic E-state index is 13.2. The summed E-state index contributed by atoms with van der Waals surface area (Å²) < 4.78 is 18.7. The van der Waals surface area contributed by atoms with E-state index in [0.717, 1.165) is 12.8 Å². The summed E-state index contributed by atoms with van der Waals surface area (Å²) in [5.74, 6) is -0.214. The number of hydrogen-bond donors (Lipinski definition) is 0. The van der Waals surface area contributed by atoms with Crippen molar-refractivity contribution >= 4 is 27.5 Å². The lowest BCUT2D eigenvalue weighted by Crippen LogP contribution is -2.34. The first-order valence-corrected chi connectivity index (χ1v) is 5.71. The van der Waals surface area contributed by atoms with Gasteiger partial charge < -0.3 is 4.74 Å². The number of rotatable bonds is 2. The second kappa shape index (κ2) is 4.07. The Bertz CT molecular complexity index is 319. The van der Waals surface area contributed by atoms with Crippen molar-refractivity contribution in [2.45, 2.75) is 23.8 Å². The molecule has 14 heavy (non-hydrogen) atoms. The number of halogens is 3. The molecular weight excluding hydrogens is 270 g/mol. The molecule has 0 aromatic heterocycles. The van der Waals surface area contributed by atoms with Gasteiger partial charge in [-0.2, -0.15) is 0 Å². The van der Waals surface area contributed by atoms with Gasteiger partial charge in [-0.3, -0.25) is 0 Å². The van der Waals surface area contributed by atoms with E-state index in [9.17, 15) is 4.39 Å². The van der Waals surface area contributed by atoms with Gasteiger partial charge in [0.05, 0.1) is 5.02 Å². The van der Waals surface area contributed by atoms with Crippen molar-refractivity contribution in [1.29, 1.82) is 0 Å². The fraction of sp³-hybridized carbons (Fsp3) is 0.400. The van der Waals surface area contributed by atoms with Gasteiger partial charge in [-0.25, -0.2) is 4.39 Å². The molecule has 1 aromatic rings. The minimum atomic E-state index is -0.393. The highest BCUT2D eigenvalue weighted by molar-refractivity contribution is 9.09. The van der Waals surface area contributed by atoms with E-state index in [1.807, 2.05) is 0 Å². The third kappa shape index (κ3) is 2.04. The summed E-state index contributed by atoms with van der Waals surface area (Å²) >= 11 is 9.26. The summed E-state index contributed by atoms with van der Waals surface area (Å²) in [6.45, 7) is 0. The van der Waals surface area contributed by atoms with Crippen molar-refractivity contribution in [2.24, 2.45) is 0 Å². The Labute approximate surface area is 95.3 Å². The molecule has 0 unspecified atom stereocenters. The molecule has 0 radical (unpaired) electrons. The van der Waals surface area contributed by atoms with Crippen LogP contribution in [-0.2, 0) is 0 Å². The van der Waals surface area contributed by atoms with Crippen LogP contribution in [0.1, 0.15) is 12.8 Å². The SMILES string of the molecule is Fc1cccc(Cl)c1OC1CC(Br)C1. The number of hydrogen-bond acceptors (Lipinski definition) is 1. The second-order valence-corrected chi connectivity index (χ2v) is 5.06. The summed E-state index contributed by atoms with van der Waals surface area (Å²) in [6.07, 6.45) is 1.91. The minimum Gasteiger partial charge on any atom is -0.486 e. The van der Waals surface area contributed by atoms with Gasteiger partial charge in [-0.1, -0.05) is 33.6 Å². The zero-order valence-electron chi connectivity index (χ0n) is 7.34. The molecule has 0 bridgehead atoms. The Hall–Kier alpha value is -0.280. The average Bonchev–Trinajstić information content (AvgIpc) is 2.08. The smallest absolute Gasteiger partial charge is 0.173 e. The van der Waals surface area contributed by atoms with Gasteiger partial charge >= 0.3 is 0 Å². The molecule has 0 N–H and O–H groups in total. The van der Waals surface area contributed by atoms with Crippen LogP contribution in [0, 0.1) is 5.82 Å². The summed E-state index contributed by atoms with van der Waals surface area (Å²) in [5.41, 5.74) is 0. The maximum atomic E-state index is 13.2. The first-order valence-electron chi connectivity index (χ1n) is 4.41. The van der Waals surface area contributed by atoms with Crippen LogP contribution >= 0.6 is 27.5 Å². The molecule has 0 atom stereocenters. The Morgan fingerprint density at radius 3 is 2.71 bits per heavy atom. The van der Waals surface area contributed by atoms with Gasteiger partial charge in [0.25, 0.3) is 0 Å². The van der Waals surface area contributed by atoms with Crippen molar-refractivity contribution in [3.8, 4) is 5.75 Å². The van der Waals surface area contributed by atoms with Gasteiger partial charge in [-0.15, -0.1) is 0 Å². The minimum absolute atomic E-state index is 0.0915. The number of ether oxygens (including phenoxy) is 1. The molecule has 0 saturated heterocycles. The molecule has 4 heteroatoms. The van der Waals surface area contributed by atoms with E-state index in [1.165, 1.54) is 6.07 Å². The van der Waals surface area contributed by atoms with Crippen LogP contribution in [0.25, 0.3) is 0 Å². The van der Waals surface area contributed by atoms with Crippen LogP contribution in [0.3, 0.4) is 0 Å². The van der Waals surface area contributed by atoms with E-state index in [2.05, 4.69) is 15.9 Å². The van der Waals surface area contributed by atoms with Crippen LogP contribution in [0.5, 0.6) is 5.75 Å². The molecule has 2 rings (SSSR count). The van der Waals surface area contributed by atoms with Crippen LogP contribution < -0.4 is 4.74 Å². The van der Waals surface area contributed by atoms with Gasteiger partial charge in [0, 0.05) is 4.83 Å². The second-order valence-electron chi connectivity index (χ2n) is 3.36. The summed E-state index contributed by atoms with van der Waals surface area (Å²) in [6, 6.07) is 4.55. The molecule has 76 valence electrons. The largest absolute Gasteiger partial charge is 0.486 e. The van der Waals surface area contributed by atoms with Gasteiger partial charge in [-0.05, 0) is 25.0 Å². The molecule has 0 aliphatic heterocycles. The van der Waals surface area contributed by atoms with Crippen molar-refractivity contribution in [2.75, 3.05) is 0 Å². The highest BCUT2D eigenvalue weighted by Gasteiger charge is 2.29. The van der Waals surface area contributed by atoms with E-state index in [1.54, 1.807) is 12.1 Å². The highest BCUT2D eigenvalue weighted by atomic mass is 79.9. The predicted molar refractivity (Wildman–Crippen MR) is 57.8 cm³/mol. The molecule has 1 aliphatic rings. The van der Waals surface area contributed by atoms with E-state index in [4.69, 9.17) is 16.3 Å². The monoisotopic (exact) mass is 278 g/mol. The molecule has 1 saturated carbocycles. The molecule has 0 spiro atoms. The topological polar surface area (TPSA) is 9.23 Å². The first kappa shape index (κ1) is 10.2. The van der Waals surface area contributed by atoms with Crippen LogP contribution in [0.15, 0.2) is 18.2 Å². The third-order valence-electron chi connectivity index (χ3n) is 2.24. The van der Waals surface area contributed by atoms with Crippen LogP contribution in [0.2, 0.25) is 5.02 Å². The van der Waals surface area contributed by atoms with Gasteiger partial charge in [0.2, 0.25) is 0 Å². The molecular formula is C10H9BrClFO. The Balaban J connectivity index is 2.09. The predicted octanol–water partition coefficient (Wildman–Crippen LogP) is 3.78. The standard InChI is InChI=1S/C10H9BrClFO/c11-6-4-7(5-6)14-10-8(12)2-1-3-9(10)13/h1-3,6-7H,4-5H2. The number of para-hydroxylation sites is 1. The number of benzene rings is 1. The highest BCUT2D eigenvalue weighted by Crippen LogP contribution is 2.35. The molecule has 1 nitrogen and oxygen atoms in total. The van der Waals surface area contributed by atoms with E-state index >= 15 is 0 Å². The lowest BCUT2D eigenvalue weighted by Gasteiger charge is -2.31. The van der Waals surface area contributed by atoms with Crippen molar-refractivity contribution in [3.63, 3.8) is 0 Å². The van der Waals surface area contributed by atoms with Gasteiger partial charge in [0.1, 0.15) is 6.10 Å². The lowest BCUT2D eigenvalue weighted by molar-refractivity contribution is 0.122. The van der Waals surface area contributed by atoms with E-state index < -0.39 is 5.82 Å². The van der Waals surface area contributed by atoms with Crippen molar-refractivity contribution in [3.05, 3.63) is 29.0 Å². The van der Waals surface area contributed by atoms with Crippen molar-refractivity contribution in [1.82, 2.24) is 0 Å². The summed E-state index contributed by atoms with van der Waals surface area (Å²) in [4.78, 5) is 0.498. The third-order valence-corrected chi connectivity index (χ3v) is 3.29. The Kier molecular flexibility index (Phi) is 2.98.